The third kappa shape index (κ3) is 6.99. The predicted molar refractivity (Wildman–Crippen MR) is 169 cm³/mol. The lowest BCUT2D eigenvalue weighted by Gasteiger charge is -2.45. The van der Waals surface area contributed by atoms with Gasteiger partial charge < -0.3 is 9.16 Å². The fraction of sp³-hybridized carbons (Fsp3) is 0.656. The molecule has 206 valence electrons. The van der Waals surface area contributed by atoms with Crippen molar-refractivity contribution in [3.8, 4) is 5.75 Å². The molecule has 37 heavy (non-hydrogen) atoms. The molecule has 2 aromatic rings. The van der Waals surface area contributed by atoms with Gasteiger partial charge in [-0.25, -0.2) is 0 Å². The number of fused-ring (bicyclic) bond motifs is 1. The first-order chi connectivity index (χ1) is 16.7. The quantitative estimate of drug-likeness (QED) is 0.180. The molecule has 1 aromatic carbocycles. The maximum absolute atomic E-state index is 7.17. The zero-order chi connectivity index (χ0) is 28.1. The third-order valence-corrected chi connectivity index (χ3v) is 13.8. The van der Waals surface area contributed by atoms with Crippen molar-refractivity contribution in [3.63, 3.8) is 0 Å². The van der Waals surface area contributed by atoms with Gasteiger partial charge in [-0.05, 0) is 98.8 Å². The van der Waals surface area contributed by atoms with Crippen molar-refractivity contribution >= 4 is 30.9 Å². The van der Waals surface area contributed by atoms with E-state index in [1.54, 1.807) is 0 Å². The van der Waals surface area contributed by atoms with Crippen molar-refractivity contribution < 1.29 is 9.16 Å². The van der Waals surface area contributed by atoms with Gasteiger partial charge in [-0.3, -0.25) is 4.98 Å². The number of alkyl halides is 1. The molecule has 3 rings (SSSR count). The molecule has 2 atom stereocenters. The van der Waals surface area contributed by atoms with Gasteiger partial charge in [-0.2, -0.15) is 0 Å². The van der Waals surface area contributed by atoms with Crippen LogP contribution in [0.5, 0.6) is 5.75 Å². The number of hydrogen-bond donors (Lipinski definition) is 0. The van der Waals surface area contributed by atoms with Crippen LogP contribution in [0.25, 0.3) is 0 Å². The molecule has 0 radical (unpaired) electrons. The molecule has 0 bridgehead atoms. The summed E-state index contributed by atoms with van der Waals surface area (Å²) in [5.41, 5.74) is 7.83. The zero-order valence-corrected chi connectivity index (χ0v) is 28.8. The first-order valence-corrected chi connectivity index (χ1v) is 18.0. The highest BCUT2D eigenvalue weighted by molar-refractivity contribution is 14.1. The van der Waals surface area contributed by atoms with Crippen LogP contribution in [-0.2, 0) is 10.8 Å². The first-order valence-electron chi connectivity index (χ1n) is 13.9. The molecule has 1 aliphatic rings. The van der Waals surface area contributed by atoms with Crippen LogP contribution in [0, 0.1) is 12.3 Å². The molecule has 0 N–H and O–H groups in total. The van der Waals surface area contributed by atoms with E-state index in [1.165, 1.54) is 33.6 Å². The van der Waals surface area contributed by atoms with E-state index < -0.39 is 8.32 Å². The maximum Gasteiger partial charge on any atom is 0.192 e. The highest BCUT2D eigenvalue weighted by Gasteiger charge is 2.44. The second-order valence-corrected chi connectivity index (χ2v) is 20.6. The lowest BCUT2D eigenvalue weighted by atomic mass is 9.72. The number of rotatable bonds is 6. The van der Waals surface area contributed by atoms with Crippen molar-refractivity contribution in [3.05, 3.63) is 57.9 Å². The Morgan fingerprint density at radius 3 is 2.08 bits per heavy atom. The normalized spacial score (nSPS) is 19.1. The van der Waals surface area contributed by atoms with Crippen LogP contribution in [0.4, 0.5) is 0 Å². The Morgan fingerprint density at radius 2 is 1.59 bits per heavy atom. The Balaban J connectivity index is 2.13. The summed E-state index contributed by atoms with van der Waals surface area (Å²) >= 11 is 2.61. The lowest BCUT2D eigenvalue weighted by molar-refractivity contribution is 0.105. The molecule has 0 saturated carbocycles. The number of hydrogen-bond acceptors (Lipinski definition) is 3. The van der Waals surface area contributed by atoms with E-state index in [4.69, 9.17) is 14.1 Å². The Kier molecular flexibility index (Phi) is 8.75. The van der Waals surface area contributed by atoms with Crippen LogP contribution in [0.15, 0.2) is 24.3 Å². The minimum atomic E-state index is -1.96. The molecule has 0 saturated heterocycles. The van der Waals surface area contributed by atoms with Crippen molar-refractivity contribution in [2.45, 2.75) is 129 Å². The van der Waals surface area contributed by atoms with Gasteiger partial charge in [-0.1, -0.05) is 83.2 Å². The number of ether oxygens (including phenoxy) is 1. The third-order valence-electron chi connectivity index (χ3n) is 8.00. The zero-order valence-electron chi connectivity index (χ0n) is 25.6. The standard InChI is InChI=1S/C32H50INO2Si/c1-20(2)29-27(28(33)22-14-16-23(17-15-22)35-30(4,5)6)21(3)26-24(34-29)18-32(10,11)19-25(26)36-37(12,13)31(7,8)9/h14-17,20,25,28H,18-19H2,1-13H3/t25?,28-/m0/s1. The number of benzene rings is 1. The van der Waals surface area contributed by atoms with E-state index in [0.29, 0.717) is 5.92 Å². The van der Waals surface area contributed by atoms with Gasteiger partial charge >= 0.3 is 0 Å². The summed E-state index contributed by atoms with van der Waals surface area (Å²) in [5.74, 6) is 1.26. The molecule has 1 unspecified atom stereocenters. The van der Waals surface area contributed by atoms with E-state index in [-0.39, 0.29) is 26.1 Å². The smallest absolute Gasteiger partial charge is 0.192 e. The summed E-state index contributed by atoms with van der Waals surface area (Å²) in [4.78, 5) is 5.43. The van der Waals surface area contributed by atoms with E-state index in [0.717, 1.165) is 18.6 Å². The van der Waals surface area contributed by atoms with Crippen molar-refractivity contribution in [2.75, 3.05) is 0 Å². The second-order valence-electron chi connectivity index (χ2n) is 14.6. The second kappa shape index (κ2) is 10.6. The minimum Gasteiger partial charge on any atom is -0.488 e. The van der Waals surface area contributed by atoms with Crippen molar-refractivity contribution in [1.82, 2.24) is 4.98 Å². The van der Waals surface area contributed by atoms with Gasteiger partial charge in [0.1, 0.15) is 11.4 Å². The molecule has 1 heterocycles. The molecular weight excluding hydrogens is 585 g/mol. The molecule has 0 spiro atoms. The van der Waals surface area contributed by atoms with Crippen LogP contribution in [0.1, 0.15) is 125 Å². The van der Waals surface area contributed by atoms with E-state index in [2.05, 4.69) is 136 Å². The maximum atomic E-state index is 7.17. The first kappa shape index (κ1) is 30.6. The Labute approximate surface area is 241 Å². The summed E-state index contributed by atoms with van der Waals surface area (Å²) < 4.78 is 13.5. The number of pyridine rings is 1. The summed E-state index contributed by atoms with van der Waals surface area (Å²) in [6, 6.07) is 8.64. The average molecular weight is 636 g/mol. The summed E-state index contributed by atoms with van der Waals surface area (Å²) in [7, 11) is -1.96. The highest BCUT2D eigenvalue weighted by Crippen LogP contribution is 2.50. The van der Waals surface area contributed by atoms with Crippen LogP contribution in [-0.4, -0.2) is 18.9 Å². The molecule has 3 nitrogen and oxygen atoms in total. The fourth-order valence-corrected chi connectivity index (χ4v) is 7.60. The minimum absolute atomic E-state index is 0.0956. The SMILES string of the molecule is Cc1c2c(nc(C(C)C)c1[C@@H](I)c1ccc(OC(C)(C)C)cc1)CC(C)(C)CC2O[Si](C)(C)C(C)(C)C. The average Bonchev–Trinajstić information content (AvgIpc) is 2.70. The van der Waals surface area contributed by atoms with Gasteiger partial charge in [0.25, 0.3) is 0 Å². The molecule has 5 heteroatoms. The fourth-order valence-electron chi connectivity index (χ4n) is 5.13. The molecule has 0 fully saturated rings. The number of aromatic nitrogens is 1. The molecule has 1 aromatic heterocycles. The molecular formula is C32H50INO2Si. The van der Waals surface area contributed by atoms with Gasteiger partial charge in [0.05, 0.1) is 10.0 Å². The van der Waals surface area contributed by atoms with Gasteiger partial charge in [-0.15, -0.1) is 0 Å². The Hall–Kier alpha value is -0.923. The van der Waals surface area contributed by atoms with Crippen LogP contribution < -0.4 is 4.74 Å². The summed E-state index contributed by atoms with van der Waals surface area (Å²) in [5, 5.41) is 0.166. The topological polar surface area (TPSA) is 31.4 Å². The van der Waals surface area contributed by atoms with E-state index >= 15 is 0 Å². The molecule has 0 aliphatic heterocycles. The van der Waals surface area contributed by atoms with Crippen LogP contribution in [0.3, 0.4) is 0 Å². The molecule has 0 amide bonds. The Bertz CT molecular complexity index is 1110. The summed E-state index contributed by atoms with van der Waals surface area (Å²) in [6.45, 7) is 29.6. The van der Waals surface area contributed by atoms with E-state index in [9.17, 15) is 0 Å². The van der Waals surface area contributed by atoms with Gasteiger partial charge in [0.2, 0.25) is 0 Å². The monoisotopic (exact) mass is 635 g/mol. The molecule has 1 aliphatic carbocycles. The van der Waals surface area contributed by atoms with Crippen LogP contribution in [0.2, 0.25) is 18.1 Å². The number of halogens is 1. The lowest BCUT2D eigenvalue weighted by Crippen LogP contribution is -2.44. The highest BCUT2D eigenvalue weighted by atomic mass is 127. The van der Waals surface area contributed by atoms with Gasteiger partial charge in [0, 0.05) is 17.0 Å². The van der Waals surface area contributed by atoms with E-state index in [1.807, 2.05) is 0 Å². The van der Waals surface area contributed by atoms with Crippen LogP contribution >= 0.6 is 22.6 Å². The van der Waals surface area contributed by atoms with Crippen molar-refractivity contribution in [2.24, 2.45) is 5.41 Å². The van der Waals surface area contributed by atoms with Crippen molar-refractivity contribution in [1.29, 1.82) is 0 Å². The summed E-state index contributed by atoms with van der Waals surface area (Å²) in [6.07, 6.45) is 2.14. The van der Waals surface area contributed by atoms with Gasteiger partial charge in [0.15, 0.2) is 8.32 Å². The number of nitrogens with zero attached hydrogens (tertiary/aromatic N) is 1. The largest absolute Gasteiger partial charge is 0.488 e. The Morgan fingerprint density at radius 1 is 1.03 bits per heavy atom. The predicted octanol–water partition coefficient (Wildman–Crippen LogP) is 10.3.